The average molecular weight is 336 g/mol. The highest BCUT2D eigenvalue weighted by atomic mass is 79.9. The molecule has 6 nitrogen and oxygen atoms in total. The summed E-state index contributed by atoms with van der Waals surface area (Å²) in [6.45, 7) is 0. The summed E-state index contributed by atoms with van der Waals surface area (Å²) in [7, 11) is -3.42. The minimum Gasteiger partial charge on any atom is -0.478 e. The van der Waals surface area contributed by atoms with Gasteiger partial charge < -0.3 is 10.4 Å². The number of sulfone groups is 1. The van der Waals surface area contributed by atoms with Crippen LogP contribution in [0.25, 0.3) is 0 Å². The molecule has 0 saturated heterocycles. The number of halogens is 1. The van der Waals surface area contributed by atoms with E-state index in [1.807, 2.05) is 0 Å². The fraction of sp³-hybridized carbons (Fsp3) is 0.200. The molecule has 0 radical (unpaired) electrons. The number of amides is 1. The molecule has 2 N–H and O–H groups in total. The van der Waals surface area contributed by atoms with E-state index in [0.29, 0.717) is 4.47 Å². The Hall–Kier alpha value is -1.41. The predicted molar refractivity (Wildman–Crippen MR) is 69.4 cm³/mol. The predicted octanol–water partition coefficient (Wildman–Crippen LogP) is 1.13. The number of nitrogens with one attached hydrogen (secondary N) is 1. The first-order valence-corrected chi connectivity index (χ1v) is 7.54. The third kappa shape index (κ3) is 4.84. The molecule has 1 rings (SSSR count). The first kappa shape index (κ1) is 14.7. The van der Waals surface area contributed by atoms with Crippen LogP contribution < -0.4 is 5.32 Å². The lowest BCUT2D eigenvalue weighted by molar-refractivity contribution is -0.113. The van der Waals surface area contributed by atoms with Gasteiger partial charge >= 0.3 is 5.97 Å². The van der Waals surface area contributed by atoms with Crippen molar-refractivity contribution in [2.24, 2.45) is 0 Å². The van der Waals surface area contributed by atoms with Crippen LogP contribution in [0, 0.1) is 0 Å². The molecule has 18 heavy (non-hydrogen) atoms. The van der Waals surface area contributed by atoms with E-state index in [-0.39, 0.29) is 11.3 Å². The lowest BCUT2D eigenvalue weighted by atomic mass is 10.2. The Morgan fingerprint density at radius 1 is 1.33 bits per heavy atom. The van der Waals surface area contributed by atoms with Crippen molar-refractivity contribution in [1.82, 2.24) is 0 Å². The van der Waals surface area contributed by atoms with Gasteiger partial charge in [0.1, 0.15) is 5.75 Å². The molecule has 0 bridgehead atoms. The van der Waals surface area contributed by atoms with Gasteiger partial charge in [0.15, 0.2) is 9.84 Å². The van der Waals surface area contributed by atoms with E-state index >= 15 is 0 Å². The number of carboxylic acid groups (broad SMARTS) is 1. The second kappa shape index (κ2) is 5.49. The third-order valence-electron chi connectivity index (χ3n) is 1.82. The van der Waals surface area contributed by atoms with Crippen LogP contribution in [-0.4, -0.2) is 37.4 Å². The van der Waals surface area contributed by atoms with Gasteiger partial charge in [0.05, 0.1) is 5.56 Å². The molecule has 98 valence electrons. The number of benzene rings is 1. The SMILES string of the molecule is CS(=O)(=O)CC(=O)Nc1cc(Br)cc(C(=O)O)c1. The lowest BCUT2D eigenvalue weighted by Crippen LogP contribution is -2.22. The normalized spacial score (nSPS) is 11.0. The summed E-state index contributed by atoms with van der Waals surface area (Å²) in [4.78, 5) is 22.2. The number of hydrogen-bond donors (Lipinski definition) is 2. The maximum Gasteiger partial charge on any atom is 0.335 e. The fourth-order valence-corrected chi connectivity index (χ4v) is 2.26. The zero-order chi connectivity index (χ0) is 13.9. The third-order valence-corrected chi connectivity index (χ3v) is 3.07. The highest BCUT2D eigenvalue weighted by molar-refractivity contribution is 9.10. The minimum atomic E-state index is -3.42. The summed E-state index contributed by atoms with van der Waals surface area (Å²) in [5.74, 6) is -2.51. The summed E-state index contributed by atoms with van der Waals surface area (Å²) in [5.41, 5.74) is 0.203. The van der Waals surface area contributed by atoms with Crippen molar-refractivity contribution >= 4 is 43.3 Å². The van der Waals surface area contributed by atoms with Gasteiger partial charge in [0.25, 0.3) is 0 Å². The number of carboxylic acids is 1. The molecule has 0 aliphatic carbocycles. The minimum absolute atomic E-state index is 0.0148. The van der Waals surface area contributed by atoms with E-state index < -0.39 is 27.5 Å². The first-order valence-electron chi connectivity index (χ1n) is 4.69. The van der Waals surface area contributed by atoms with Gasteiger partial charge in [0.2, 0.25) is 5.91 Å². The molecule has 0 spiro atoms. The lowest BCUT2D eigenvalue weighted by Gasteiger charge is -2.06. The van der Waals surface area contributed by atoms with Crippen molar-refractivity contribution < 1.29 is 23.1 Å². The topological polar surface area (TPSA) is 101 Å². The Labute approximate surface area is 112 Å². The van der Waals surface area contributed by atoms with Crippen LogP contribution in [0.3, 0.4) is 0 Å². The summed E-state index contributed by atoms with van der Waals surface area (Å²) >= 11 is 3.10. The zero-order valence-electron chi connectivity index (χ0n) is 9.31. The second-order valence-corrected chi connectivity index (χ2v) is 6.71. The Morgan fingerprint density at radius 2 is 1.94 bits per heavy atom. The van der Waals surface area contributed by atoms with Crippen LogP contribution in [-0.2, 0) is 14.6 Å². The molecule has 0 unspecified atom stereocenters. The number of aromatic carboxylic acids is 1. The Kier molecular flexibility index (Phi) is 4.47. The monoisotopic (exact) mass is 335 g/mol. The van der Waals surface area contributed by atoms with Crippen LogP contribution in [0.1, 0.15) is 10.4 Å². The first-order chi connectivity index (χ1) is 8.17. The average Bonchev–Trinajstić information content (AvgIpc) is 2.12. The number of anilines is 1. The van der Waals surface area contributed by atoms with Gasteiger partial charge in [-0.3, -0.25) is 4.79 Å². The molecule has 0 heterocycles. The molecule has 0 saturated carbocycles. The summed E-state index contributed by atoms with van der Waals surface area (Å²) in [6, 6.07) is 4.09. The Balaban J connectivity index is 2.91. The number of hydrogen-bond acceptors (Lipinski definition) is 4. The van der Waals surface area contributed by atoms with Gasteiger partial charge in [-0.25, -0.2) is 13.2 Å². The number of rotatable bonds is 4. The smallest absolute Gasteiger partial charge is 0.335 e. The standard InChI is InChI=1S/C10H10BrNO5S/c1-18(16,17)5-9(13)12-8-3-6(10(14)15)2-7(11)4-8/h2-4H,5H2,1H3,(H,12,13)(H,14,15). The molecule has 1 aromatic rings. The van der Waals surface area contributed by atoms with Gasteiger partial charge in [-0.15, -0.1) is 0 Å². The van der Waals surface area contributed by atoms with E-state index in [4.69, 9.17) is 5.11 Å². The molecule has 0 fully saturated rings. The van der Waals surface area contributed by atoms with Crippen LogP contribution in [0.5, 0.6) is 0 Å². The summed E-state index contributed by atoms with van der Waals surface area (Å²) in [5, 5.41) is 11.1. The molecule has 0 aliphatic heterocycles. The van der Waals surface area contributed by atoms with E-state index in [1.54, 1.807) is 0 Å². The van der Waals surface area contributed by atoms with Crippen LogP contribution in [0.4, 0.5) is 5.69 Å². The van der Waals surface area contributed by atoms with Gasteiger partial charge in [-0.1, -0.05) is 15.9 Å². The second-order valence-electron chi connectivity index (χ2n) is 3.65. The highest BCUT2D eigenvalue weighted by Crippen LogP contribution is 2.19. The molecular formula is C10H10BrNO5S. The molecule has 0 aromatic heterocycles. The molecule has 8 heteroatoms. The quantitative estimate of drug-likeness (QED) is 0.858. The van der Waals surface area contributed by atoms with Crippen molar-refractivity contribution in [1.29, 1.82) is 0 Å². The van der Waals surface area contributed by atoms with E-state index in [0.717, 1.165) is 6.26 Å². The zero-order valence-corrected chi connectivity index (χ0v) is 11.7. The van der Waals surface area contributed by atoms with Crippen molar-refractivity contribution in [2.75, 3.05) is 17.3 Å². The van der Waals surface area contributed by atoms with Crippen molar-refractivity contribution in [2.45, 2.75) is 0 Å². The van der Waals surface area contributed by atoms with Gasteiger partial charge in [-0.2, -0.15) is 0 Å². The maximum atomic E-state index is 11.4. The van der Waals surface area contributed by atoms with Crippen LogP contribution >= 0.6 is 15.9 Å². The number of carbonyl (C=O) groups excluding carboxylic acids is 1. The Bertz CT molecular complexity index is 596. The largest absolute Gasteiger partial charge is 0.478 e. The van der Waals surface area contributed by atoms with E-state index in [2.05, 4.69) is 21.2 Å². The van der Waals surface area contributed by atoms with Crippen LogP contribution in [0.2, 0.25) is 0 Å². The number of carbonyl (C=O) groups is 2. The van der Waals surface area contributed by atoms with Gasteiger partial charge in [0, 0.05) is 16.4 Å². The van der Waals surface area contributed by atoms with Crippen LogP contribution in [0.15, 0.2) is 22.7 Å². The Morgan fingerprint density at radius 3 is 2.44 bits per heavy atom. The molecule has 1 aromatic carbocycles. The van der Waals surface area contributed by atoms with Crippen molar-refractivity contribution in [3.05, 3.63) is 28.2 Å². The molecular weight excluding hydrogens is 326 g/mol. The maximum absolute atomic E-state index is 11.4. The summed E-state index contributed by atoms with van der Waals surface area (Å²) < 4.78 is 22.3. The summed E-state index contributed by atoms with van der Waals surface area (Å²) in [6.07, 6.45) is 0.941. The van der Waals surface area contributed by atoms with Crippen molar-refractivity contribution in [3.63, 3.8) is 0 Å². The van der Waals surface area contributed by atoms with E-state index in [9.17, 15) is 18.0 Å². The van der Waals surface area contributed by atoms with Gasteiger partial charge in [-0.05, 0) is 18.2 Å². The molecule has 0 aliphatic rings. The van der Waals surface area contributed by atoms with E-state index in [1.165, 1.54) is 18.2 Å². The van der Waals surface area contributed by atoms with Crippen molar-refractivity contribution in [3.8, 4) is 0 Å². The molecule has 1 amide bonds. The molecule has 0 atom stereocenters. The fourth-order valence-electron chi connectivity index (χ4n) is 1.22. The highest BCUT2D eigenvalue weighted by Gasteiger charge is 2.12.